The zero-order valence-corrected chi connectivity index (χ0v) is 14.6. The predicted octanol–water partition coefficient (Wildman–Crippen LogP) is 2.73. The number of rotatable bonds is 4. The average molecular weight is 365 g/mol. The molecule has 5 rings (SSSR count). The molecule has 0 bridgehead atoms. The van der Waals surface area contributed by atoms with E-state index < -0.39 is 11.4 Å². The average Bonchev–Trinajstić information content (AvgIpc) is 3.41. The van der Waals surface area contributed by atoms with Gasteiger partial charge in [0.2, 0.25) is 0 Å². The first-order valence-electron chi connectivity index (χ1n) is 8.92. The molecule has 0 saturated carbocycles. The molecule has 3 aromatic rings. The van der Waals surface area contributed by atoms with E-state index in [2.05, 4.69) is 15.1 Å². The van der Waals surface area contributed by atoms with Crippen LogP contribution in [-0.4, -0.2) is 45.9 Å². The van der Waals surface area contributed by atoms with Crippen LogP contribution in [0.2, 0.25) is 0 Å². The van der Waals surface area contributed by atoms with Crippen LogP contribution >= 0.6 is 0 Å². The smallest absolute Gasteiger partial charge is 0.315 e. The Kier molecular flexibility index (Phi) is 3.58. The molecule has 0 radical (unpaired) electrons. The zero-order chi connectivity index (χ0) is 18.4. The lowest BCUT2D eigenvalue weighted by atomic mass is 9.73. The van der Waals surface area contributed by atoms with Crippen molar-refractivity contribution in [3.05, 3.63) is 60.0 Å². The predicted molar refractivity (Wildman–Crippen MR) is 96.3 cm³/mol. The highest BCUT2D eigenvalue weighted by molar-refractivity contribution is 5.78. The van der Waals surface area contributed by atoms with Crippen molar-refractivity contribution in [2.45, 2.75) is 12.5 Å². The van der Waals surface area contributed by atoms with Gasteiger partial charge in [0.1, 0.15) is 29.2 Å². The highest BCUT2D eigenvalue weighted by atomic mass is 16.5. The van der Waals surface area contributed by atoms with Gasteiger partial charge in [0.05, 0.1) is 6.54 Å². The largest absolute Gasteiger partial charge is 0.492 e. The third-order valence-electron chi connectivity index (χ3n) is 5.63. The topological polar surface area (TPSA) is 91.6 Å². The first-order valence-corrected chi connectivity index (χ1v) is 8.92. The molecule has 2 aromatic heterocycles. The van der Waals surface area contributed by atoms with E-state index in [4.69, 9.17) is 9.15 Å². The van der Waals surface area contributed by atoms with Crippen molar-refractivity contribution in [2.75, 3.05) is 19.7 Å². The maximum absolute atomic E-state index is 12.2. The standard InChI is InChI=1S/C20H19N3O4/c24-19(25)20-11-23(9-13-5-6-18(27-13)16-7-8-21-22-16)10-15(20)14-3-1-2-4-17(14)26-12-20/h1-8,15H,9-12H2,(H,21,22)(H,24,25). The molecule has 1 saturated heterocycles. The number of ether oxygens (including phenoxy) is 1. The van der Waals surface area contributed by atoms with Gasteiger partial charge in [-0.25, -0.2) is 0 Å². The molecule has 27 heavy (non-hydrogen) atoms. The van der Waals surface area contributed by atoms with E-state index in [1.807, 2.05) is 42.5 Å². The Labute approximate surface area is 155 Å². The monoisotopic (exact) mass is 365 g/mol. The number of aromatic nitrogens is 2. The third-order valence-corrected chi connectivity index (χ3v) is 5.63. The van der Waals surface area contributed by atoms with Crippen LogP contribution in [0.1, 0.15) is 17.2 Å². The molecule has 2 unspecified atom stereocenters. The van der Waals surface area contributed by atoms with Gasteiger partial charge in [0.25, 0.3) is 0 Å². The third kappa shape index (κ3) is 2.54. The summed E-state index contributed by atoms with van der Waals surface area (Å²) in [5.74, 6) is 1.42. The van der Waals surface area contributed by atoms with E-state index in [9.17, 15) is 9.90 Å². The van der Waals surface area contributed by atoms with Crippen molar-refractivity contribution in [1.82, 2.24) is 15.1 Å². The number of nitrogens with zero attached hydrogens (tertiary/aromatic N) is 2. The minimum atomic E-state index is -0.923. The number of benzene rings is 1. The number of aromatic amines is 1. The van der Waals surface area contributed by atoms with E-state index in [0.717, 1.165) is 28.5 Å². The van der Waals surface area contributed by atoms with Crippen molar-refractivity contribution in [3.8, 4) is 17.2 Å². The molecular formula is C20H19N3O4. The summed E-state index contributed by atoms with van der Waals surface area (Å²) in [6, 6.07) is 13.4. The number of likely N-dealkylation sites (tertiary alicyclic amines) is 1. The molecule has 7 nitrogen and oxygen atoms in total. The fourth-order valence-corrected chi connectivity index (χ4v) is 4.28. The van der Waals surface area contributed by atoms with Crippen molar-refractivity contribution >= 4 is 5.97 Å². The van der Waals surface area contributed by atoms with Crippen molar-refractivity contribution < 1.29 is 19.1 Å². The van der Waals surface area contributed by atoms with Gasteiger partial charge >= 0.3 is 5.97 Å². The molecule has 2 N–H and O–H groups in total. The lowest BCUT2D eigenvalue weighted by molar-refractivity contribution is -0.151. The Bertz CT molecular complexity index is 981. The Morgan fingerprint density at radius 2 is 2.19 bits per heavy atom. The Hall–Kier alpha value is -3.06. The molecule has 2 aliphatic heterocycles. The molecule has 2 atom stereocenters. The van der Waals surface area contributed by atoms with Gasteiger partial charge in [-0.2, -0.15) is 5.10 Å². The lowest BCUT2D eigenvalue weighted by Gasteiger charge is -2.35. The highest BCUT2D eigenvalue weighted by Gasteiger charge is 2.56. The molecule has 1 aromatic carbocycles. The lowest BCUT2D eigenvalue weighted by Crippen LogP contribution is -2.45. The van der Waals surface area contributed by atoms with Gasteiger partial charge in [0, 0.05) is 25.2 Å². The van der Waals surface area contributed by atoms with Crippen LogP contribution in [0, 0.1) is 5.41 Å². The molecule has 0 spiro atoms. The maximum Gasteiger partial charge on any atom is 0.315 e. The van der Waals surface area contributed by atoms with Gasteiger partial charge in [-0.15, -0.1) is 0 Å². The van der Waals surface area contributed by atoms with Crippen LogP contribution < -0.4 is 4.74 Å². The summed E-state index contributed by atoms with van der Waals surface area (Å²) in [5, 5.41) is 16.8. The SMILES string of the molecule is O=C(O)C12COc3ccccc3C1CN(Cc1ccc(-c3ccn[nH]3)o1)C2. The van der Waals surface area contributed by atoms with Gasteiger partial charge in [-0.1, -0.05) is 18.2 Å². The van der Waals surface area contributed by atoms with Gasteiger partial charge in [-0.05, 0) is 29.8 Å². The van der Waals surface area contributed by atoms with Gasteiger partial charge in [-0.3, -0.25) is 14.8 Å². The van der Waals surface area contributed by atoms with E-state index in [0.29, 0.717) is 19.6 Å². The first kappa shape index (κ1) is 16.1. The number of fused-ring (bicyclic) bond motifs is 3. The number of carbonyl (C=O) groups is 1. The summed E-state index contributed by atoms with van der Waals surface area (Å²) in [5.41, 5.74) is 0.875. The maximum atomic E-state index is 12.2. The van der Waals surface area contributed by atoms with Crippen LogP contribution in [0.15, 0.2) is 53.1 Å². The number of hydrogen-bond acceptors (Lipinski definition) is 5. The van der Waals surface area contributed by atoms with E-state index in [1.54, 1.807) is 6.20 Å². The fraction of sp³-hybridized carbons (Fsp3) is 0.300. The molecule has 0 amide bonds. The first-order chi connectivity index (χ1) is 13.2. The van der Waals surface area contributed by atoms with E-state index in [-0.39, 0.29) is 12.5 Å². The minimum absolute atomic E-state index is 0.0954. The second-order valence-corrected chi connectivity index (χ2v) is 7.25. The number of carboxylic acid groups (broad SMARTS) is 1. The molecule has 138 valence electrons. The number of nitrogens with one attached hydrogen (secondary N) is 1. The molecular weight excluding hydrogens is 346 g/mol. The summed E-state index contributed by atoms with van der Waals surface area (Å²) >= 11 is 0. The van der Waals surface area contributed by atoms with Crippen molar-refractivity contribution in [3.63, 3.8) is 0 Å². The summed E-state index contributed by atoms with van der Waals surface area (Å²) in [6.45, 7) is 1.84. The second kappa shape index (κ2) is 5.99. The Balaban J connectivity index is 1.41. The van der Waals surface area contributed by atoms with Gasteiger partial charge in [0.15, 0.2) is 5.76 Å². The number of para-hydroxylation sites is 1. The molecule has 0 aliphatic carbocycles. The minimum Gasteiger partial charge on any atom is -0.492 e. The van der Waals surface area contributed by atoms with Gasteiger partial charge < -0.3 is 14.3 Å². The summed E-state index contributed by atoms with van der Waals surface area (Å²) in [6.07, 6.45) is 1.68. The normalized spacial score (nSPS) is 24.2. The quantitative estimate of drug-likeness (QED) is 0.739. The molecule has 4 heterocycles. The molecule has 7 heteroatoms. The van der Waals surface area contributed by atoms with Crippen LogP contribution in [0.4, 0.5) is 0 Å². The Morgan fingerprint density at radius 3 is 3.00 bits per heavy atom. The number of carboxylic acids is 1. The number of furan rings is 1. The fourth-order valence-electron chi connectivity index (χ4n) is 4.28. The Morgan fingerprint density at radius 1 is 1.30 bits per heavy atom. The summed E-state index contributed by atoms with van der Waals surface area (Å²) in [4.78, 5) is 14.3. The number of aliphatic carboxylic acids is 1. The van der Waals surface area contributed by atoms with E-state index >= 15 is 0 Å². The molecule has 1 fully saturated rings. The summed E-state index contributed by atoms with van der Waals surface area (Å²) in [7, 11) is 0. The van der Waals surface area contributed by atoms with Crippen LogP contribution in [0.5, 0.6) is 5.75 Å². The van der Waals surface area contributed by atoms with Crippen LogP contribution in [0.3, 0.4) is 0 Å². The summed E-state index contributed by atoms with van der Waals surface area (Å²) < 4.78 is 11.7. The van der Waals surface area contributed by atoms with Crippen molar-refractivity contribution in [2.24, 2.45) is 5.41 Å². The number of hydrogen-bond donors (Lipinski definition) is 2. The zero-order valence-electron chi connectivity index (χ0n) is 14.6. The van der Waals surface area contributed by atoms with Crippen LogP contribution in [0.25, 0.3) is 11.5 Å². The van der Waals surface area contributed by atoms with Crippen LogP contribution in [-0.2, 0) is 11.3 Å². The van der Waals surface area contributed by atoms with Crippen molar-refractivity contribution in [1.29, 1.82) is 0 Å². The number of H-pyrrole nitrogens is 1. The molecule has 2 aliphatic rings. The second-order valence-electron chi connectivity index (χ2n) is 7.25. The van der Waals surface area contributed by atoms with E-state index in [1.165, 1.54) is 0 Å². The highest BCUT2D eigenvalue weighted by Crippen LogP contribution is 2.50.